The highest BCUT2D eigenvalue weighted by Crippen LogP contribution is 2.47. The lowest BCUT2D eigenvalue weighted by Crippen LogP contribution is -2.30. The van der Waals surface area contributed by atoms with E-state index in [1.165, 1.54) is 17.0 Å². The summed E-state index contributed by atoms with van der Waals surface area (Å²) in [6.07, 6.45) is 1.14. The molecule has 1 fully saturated rings. The zero-order valence-corrected chi connectivity index (χ0v) is 13.6. The summed E-state index contributed by atoms with van der Waals surface area (Å²) in [5, 5.41) is 13.6. The van der Waals surface area contributed by atoms with Crippen LogP contribution in [-0.2, 0) is 6.54 Å². The van der Waals surface area contributed by atoms with E-state index in [1.54, 1.807) is 19.2 Å². The van der Waals surface area contributed by atoms with Gasteiger partial charge in [-0.25, -0.2) is 4.79 Å². The van der Waals surface area contributed by atoms with E-state index in [0.29, 0.717) is 24.1 Å². The van der Waals surface area contributed by atoms with Crippen LogP contribution in [0.3, 0.4) is 0 Å². The van der Waals surface area contributed by atoms with Crippen molar-refractivity contribution < 1.29 is 14.1 Å². The van der Waals surface area contributed by atoms with Gasteiger partial charge in [0.2, 0.25) is 0 Å². The molecule has 1 saturated carbocycles. The number of carbonyl (C=O) groups excluding carboxylic acids is 1. The molecule has 1 aromatic carbocycles. The first-order valence-electron chi connectivity index (χ1n) is 7.80. The maximum atomic E-state index is 12.2. The smallest absolute Gasteiger partial charge is 0.322 e. The van der Waals surface area contributed by atoms with Crippen LogP contribution >= 0.6 is 0 Å². The van der Waals surface area contributed by atoms with Gasteiger partial charge in [-0.15, -0.1) is 0 Å². The van der Waals surface area contributed by atoms with Crippen LogP contribution in [0.15, 0.2) is 40.8 Å². The number of nitrogens with one attached hydrogen (secondary N) is 1. The van der Waals surface area contributed by atoms with Crippen molar-refractivity contribution in [1.29, 1.82) is 0 Å². The zero-order chi connectivity index (χ0) is 17.3. The Bertz CT molecular complexity index is 771. The number of furan rings is 1. The molecule has 1 aliphatic carbocycles. The van der Waals surface area contributed by atoms with Crippen molar-refractivity contribution in [3.63, 3.8) is 0 Å². The van der Waals surface area contributed by atoms with Gasteiger partial charge in [-0.3, -0.25) is 10.1 Å². The summed E-state index contributed by atoms with van der Waals surface area (Å²) in [6.45, 7) is 2.48. The minimum Gasteiger partial charge on any atom is -0.464 e. The number of benzene rings is 1. The first-order valence-corrected chi connectivity index (χ1v) is 7.80. The second kappa shape index (κ2) is 6.35. The Balaban J connectivity index is 1.63. The second-order valence-corrected chi connectivity index (χ2v) is 6.18. The number of urea groups is 1. The highest BCUT2D eigenvalue weighted by atomic mass is 16.6. The summed E-state index contributed by atoms with van der Waals surface area (Å²) >= 11 is 0. The van der Waals surface area contributed by atoms with E-state index in [-0.39, 0.29) is 11.4 Å². The van der Waals surface area contributed by atoms with Gasteiger partial charge in [0.1, 0.15) is 17.2 Å². The maximum Gasteiger partial charge on any atom is 0.322 e. The van der Waals surface area contributed by atoms with Gasteiger partial charge in [0.05, 0.1) is 11.5 Å². The molecule has 1 N–H and O–H groups in total. The third kappa shape index (κ3) is 3.40. The van der Waals surface area contributed by atoms with E-state index < -0.39 is 11.0 Å². The number of para-hydroxylation sites is 2. The van der Waals surface area contributed by atoms with Crippen molar-refractivity contribution >= 4 is 17.4 Å². The first-order chi connectivity index (χ1) is 11.5. The second-order valence-electron chi connectivity index (χ2n) is 6.18. The van der Waals surface area contributed by atoms with Gasteiger partial charge >= 0.3 is 6.03 Å². The zero-order valence-electron chi connectivity index (χ0n) is 13.6. The maximum absolute atomic E-state index is 12.2. The predicted molar refractivity (Wildman–Crippen MR) is 88.8 cm³/mol. The lowest BCUT2D eigenvalue weighted by atomic mass is 10.2. The van der Waals surface area contributed by atoms with E-state index in [9.17, 15) is 14.9 Å². The number of hydrogen-bond donors (Lipinski definition) is 1. The summed E-state index contributed by atoms with van der Waals surface area (Å²) in [4.78, 5) is 24.1. The molecular weight excluding hydrogens is 310 g/mol. The average molecular weight is 329 g/mol. The highest BCUT2D eigenvalue weighted by Gasteiger charge is 2.36. The molecular formula is C17H19N3O4. The van der Waals surface area contributed by atoms with Gasteiger partial charge in [0.25, 0.3) is 5.69 Å². The van der Waals surface area contributed by atoms with E-state index in [2.05, 4.69) is 12.2 Å². The van der Waals surface area contributed by atoms with Crippen molar-refractivity contribution in [1.82, 2.24) is 4.90 Å². The summed E-state index contributed by atoms with van der Waals surface area (Å²) in [7, 11) is 1.62. The quantitative estimate of drug-likeness (QED) is 0.664. The Morgan fingerprint density at radius 2 is 2.08 bits per heavy atom. The van der Waals surface area contributed by atoms with Gasteiger partial charge in [0.15, 0.2) is 0 Å². The summed E-state index contributed by atoms with van der Waals surface area (Å²) in [5.74, 6) is 2.81. The molecule has 0 bridgehead atoms. The third-order valence-electron chi connectivity index (χ3n) is 4.24. The summed E-state index contributed by atoms with van der Waals surface area (Å²) < 4.78 is 5.78. The monoisotopic (exact) mass is 329 g/mol. The van der Waals surface area contributed by atoms with E-state index in [4.69, 9.17) is 4.42 Å². The predicted octanol–water partition coefficient (Wildman–Crippen LogP) is 3.98. The largest absolute Gasteiger partial charge is 0.464 e. The molecule has 1 aromatic heterocycles. The molecule has 2 atom stereocenters. The molecule has 0 spiro atoms. The Hall–Kier alpha value is -2.83. The van der Waals surface area contributed by atoms with Crippen LogP contribution in [0, 0.1) is 16.0 Å². The van der Waals surface area contributed by atoms with Gasteiger partial charge in [-0.2, -0.15) is 0 Å². The van der Waals surface area contributed by atoms with E-state index in [1.807, 2.05) is 12.1 Å². The average Bonchev–Trinajstić information content (AvgIpc) is 3.09. The highest BCUT2D eigenvalue weighted by molar-refractivity contribution is 5.91. The number of carbonyl (C=O) groups is 1. The fraction of sp³-hybridized carbons (Fsp3) is 0.353. The number of anilines is 1. The normalized spacial score (nSPS) is 18.9. The van der Waals surface area contributed by atoms with Crippen molar-refractivity contribution in [2.24, 2.45) is 5.92 Å². The van der Waals surface area contributed by atoms with Gasteiger partial charge in [0, 0.05) is 19.0 Å². The summed E-state index contributed by atoms with van der Waals surface area (Å²) in [5.41, 5.74) is 0.0357. The molecule has 0 saturated heterocycles. The Morgan fingerprint density at radius 3 is 2.75 bits per heavy atom. The standard InChI is InChI=1S/C17H19N3O4/c1-11-9-13(11)16-8-7-12(24-16)10-19(2)17(21)18-14-5-3-4-6-15(14)20(22)23/h3-8,11,13H,9-10H2,1-2H3,(H,18,21)/t11-,13+/m1/s1. The van der Waals surface area contributed by atoms with Crippen molar-refractivity contribution in [3.8, 4) is 0 Å². The van der Waals surface area contributed by atoms with Crippen molar-refractivity contribution in [2.75, 3.05) is 12.4 Å². The lowest BCUT2D eigenvalue weighted by Gasteiger charge is -2.16. The minimum absolute atomic E-state index is 0.137. The fourth-order valence-corrected chi connectivity index (χ4v) is 2.65. The molecule has 2 amide bonds. The number of hydrogen-bond acceptors (Lipinski definition) is 4. The molecule has 0 aliphatic heterocycles. The number of nitro benzene ring substituents is 1. The van der Waals surface area contributed by atoms with Crippen LogP contribution in [0.1, 0.15) is 30.8 Å². The SMILES string of the molecule is C[C@@H]1C[C@@H]1c1ccc(CN(C)C(=O)Nc2ccccc2[N+](=O)[O-])o1. The van der Waals surface area contributed by atoms with E-state index >= 15 is 0 Å². The van der Waals surface area contributed by atoms with Crippen LogP contribution in [-0.4, -0.2) is 22.9 Å². The molecule has 1 heterocycles. The Labute approximate surface area is 139 Å². The molecule has 2 aromatic rings. The molecule has 24 heavy (non-hydrogen) atoms. The van der Waals surface area contributed by atoms with Crippen molar-refractivity contribution in [2.45, 2.75) is 25.8 Å². The lowest BCUT2D eigenvalue weighted by molar-refractivity contribution is -0.383. The van der Waals surface area contributed by atoms with Crippen molar-refractivity contribution in [3.05, 3.63) is 58.0 Å². The molecule has 0 radical (unpaired) electrons. The molecule has 0 unspecified atom stereocenters. The third-order valence-corrected chi connectivity index (χ3v) is 4.24. The number of amides is 2. The molecule has 7 heteroatoms. The van der Waals surface area contributed by atoms with Gasteiger partial charge < -0.3 is 14.6 Å². The fourth-order valence-electron chi connectivity index (χ4n) is 2.65. The Morgan fingerprint density at radius 1 is 1.38 bits per heavy atom. The summed E-state index contributed by atoms with van der Waals surface area (Å²) in [6, 6.07) is 9.45. The molecule has 126 valence electrons. The molecule has 1 aliphatic rings. The number of rotatable bonds is 5. The number of nitro groups is 1. The molecule has 7 nitrogen and oxygen atoms in total. The topological polar surface area (TPSA) is 88.6 Å². The van der Waals surface area contributed by atoms with Crippen LogP contribution in [0.5, 0.6) is 0 Å². The number of nitrogens with zero attached hydrogens (tertiary/aromatic N) is 2. The van der Waals surface area contributed by atoms with Gasteiger partial charge in [-0.1, -0.05) is 19.1 Å². The van der Waals surface area contributed by atoms with Crippen LogP contribution in [0.4, 0.5) is 16.2 Å². The van der Waals surface area contributed by atoms with Crippen LogP contribution in [0.2, 0.25) is 0 Å². The Kier molecular flexibility index (Phi) is 4.24. The first kappa shape index (κ1) is 16.0. The van der Waals surface area contributed by atoms with Crippen LogP contribution < -0.4 is 5.32 Å². The van der Waals surface area contributed by atoms with Gasteiger partial charge in [-0.05, 0) is 30.5 Å². The van der Waals surface area contributed by atoms with Crippen LogP contribution in [0.25, 0.3) is 0 Å². The molecule has 3 rings (SSSR count). The van der Waals surface area contributed by atoms with E-state index in [0.717, 1.165) is 12.2 Å². The minimum atomic E-state index is -0.523.